The van der Waals surface area contributed by atoms with Crippen LogP contribution in [0.4, 0.5) is 0 Å². The topological polar surface area (TPSA) is 85.1 Å². The van der Waals surface area contributed by atoms with Gasteiger partial charge in [-0.15, -0.1) is 0 Å². The van der Waals surface area contributed by atoms with Crippen molar-refractivity contribution in [1.82, 2.24) is 0 Å². The summed E-state index contributed by atoms with van der Waals surface area (Å²) in [5.41, 5.74) is 4.69. The van der Waals surface area contributed by atoms with Gasteiger partial charge in [0.2, 0.25) is 11.1 Å². The van der Waals surface area contributed by atoms with E-state index < -0.39 is 11.8 Å². The average molecular weight is 573 g/mol. The molecule has 7 aromatic rings. The van der Waals surface area contributed by atoms with Gasteiger partial charge in [-0.1, -0.05) is 109 Å². The van der Waals surface area contributed by atoms with E-state index in [0.717, 1.165) is 21.9 Å². The Balaban J connectivity index is 1.36. The van der Waals surface area contributed by atoms with E-state index in [1.807, 2.05) is 121 Å². The molecule has 0 saturated heterocycles. The fraction of sp³-hybridized carbons (Fsp3) is 0. The first-order chi connectivity index (χ1) is 21.6. The van der Waals surface area contributed by atoms with Gasteiger partial charge >= 0.3 is 0 Å². The van der Waals surface area contributed by atoms with Crippen molar-refractivity contribution in [3.05, 3.63) is 168 Å². The molecule has 0 aliphatic carbocycles. The highest BCUT2D eigenvalue weighted by Crippen LogP contribution is 2.23. The maximum atomic E-state index is 13.7. The second-order valence-electron chi connectivity index (χ2n) is 10.1. The van der Waals surface area contributed by atoms with E-state index in [-0.39, 0.29) is 22.2 Å². The Kier molecular flexibility index (Phi) is 7.06. The van der Waals surface area contributed by atoms with Crippen LogP contribution in [0.15, 0.2) is 164 Å². The lowest BCUT2D eigenvalue weighted by Gasteiger charge is -2.07. The van der Waals surface area contributed by atoms with Crippen molar-refractivity contribution in [1.29, 1.82) is 0 Å². The van der Waals surface area contributed by atoms with Crippen molar-refractivity contribution in [2.75, 3.05) is 0 Å². The predicted octanol–water partition coefficient (Wildman–Crippen LogP) is 8.00. The minimum absolute atomic E-state index is 0.102. The van der Waals surface area contributed by atoms with Gasteiger partial charge in [0.05, 0.1) is 11.1 Å². The van der Waals surface area contributed by atoms with E-state index in [1.54, 1.807) is 24.3 Å². The minimum atomic E-state index is -0.626. The molecule has 0 bridgehead atoms. The summed E-state index contributed by atoms with van der Waals surface area (Å²) in [6, 6.07) is 44.6. The Morgan fingerprint density at radius 3 is 1.23 bits per heavy atom. The van der Waals surface area contributed by atoms with Crippen LogP contribution in [0.1, 0.15) is 20.7 Å². The van der Waals surface area contributed by atoms with Gasteiger partial charge in [0.25, 0.3) is 11.8 Å². The van der Waals surface area contributed by atoms with Gasteiger partial charge in [0.15, 0.2) is 0 Å². The number of carbonyl (C=O) groups is 2. The summed E-state index contributed by atoms with van der Waals surface area (Å²) >= 11 is 0. The summed E-state index contributed by atoms with van der Waals surface area (Å²) < 4.78 is 12.3. The second kappa shape index (κ2) is 11.6. The van der Waals surface area contributed by atoms with Crippen molar-refractivity contribution in [3.63, 3.8) is 0 Å². The van der Waals surface area contributed by atoms with Gasteiger partial charge in [0, 0.05) is 21.9 Å². The summed E-state index contributed by atoms with van der Waals surface area (Å²) in [6.45, 7) is 0. The molecule has 6 nitrogen and oxygen atoms in total. The smallest absolute Gasteiger partial charge is 0.281 e. The first-order valence-corrected chi connectivity index (χ1v) is 14.1. The first kappa shape index (κ1) is 26.7. The lowest BCUT2D eigenvalue weighted by atomic mass is 10.0. The number of fused-ring (bicyclic) bond motifs is 2. The van der Waals surface area contributed by atoms with Gasteiger partial charge in [-0.2, -0.15) is 9.98 Å². The molecule has 0 atom stereocenters. The molecule has 0 saturated carbocycles. The fourth-order valence-electron chi connectivity index (χ4n) is 5.11. The molecule has 2 amide bonds. The number of rotatable bonds is 4. The second-order valence-corrected chi connectivity index (χ2v) is 10.1. The van der Waals surface area contributed by atoms with E-state index >= 15 is 0 Å². The number of nitrogens with zero attached hydrogens (tertiary/aromatic N) is 2. The molecule has 210 valence electrons. The Morgan fingerprint density at radius 2 is 0.795 bits per heavy atom. The standard InChI is InChI=1S/C38H24N2O4/c41-35(39-37-31(25-13-3-1-4-14-25)23-27-17-7-11-21-33(27)43-37)29-19-9-10-20-30(29)36(42)40-38-32(26-15-5-2-6-16-26)24-28-18-8-12-22-34(28)44-38/h1-24H. The van der Waals surface area contributed by atoms with E-state index in [9.17, 15) is 9.59 Å². The van der Waals surface area contributed by atoms with Crippen LogP contribution in [0.5, 0.6) is 0 Å². The molecule has 0 N–H and O–H groups in total. The minimum Gasteiger partial charge on any atom is -0.438 e. The third kappa shape index (κ3) is 5.28. The Hall–Kier alpha value is -6.14. The van der Waals surface area contributed by atoms with Crippen molar-refractivity contribution >= 4 is 33.8 Å². The van der Waals surface area contributed by atoms with Crippen molar-refractivity contribution in [2.45, 2.75) is 0 Å². The molecule has 0 fully saturated rings. The van der Waals surface area contributed by atoms with Crippen LogP contribution in [0.3, 0.4) is 0 Å². The summed E-state index contributed by atoms with van der Waals surface area (Å²) in [7, 11) is 0. The van der Waals surface area contributed by atoms with Gasteiger partial charge in [-0.25, -0.2) is 0 Å². The normalized spacial score (nSPS) is 12.1. The highest BCUT2D eigenvalue weighted by atomic mass is 16.3. The highest BCUT2D eigenvalue weighted by molar-refractivity contribution is 6.08. The Bertz CT molecular complexity index is 2150. The first-order valence-electron chi connectivity index (χ1n) is 14.1. The molecule has 0 aliphatic rings. The zero-order valence-corrected chi connectivity index (χ0v) is 23.4. The highest BCUT2D eigenvalue weighted by Gasteiger charge is 2.18. The summed E-state index contributed by atoms with van der Waals surface area (Å²) in [5, 5.41) is 1.75. The van der Waals surface area contributed by atoms with Crippen LogP contribution >= 0.6 is 0 Å². The van der Waals surface area contributed by atoms with E-state index in [4.69, 9.17) is 8.83 Å². The molecule has 0 radical (unpaired) electrons. The van der Waals surface area contributed by atoms with Crippen molar-refractivity contribution < 1.29 is 18.4 Å². The van der Waals surface area contributed by atoms with Gasteiger partial charge < -0.3 is 8.83 Å². The Labute approximate surface area is 251 Å². The summed E-state index contributed by atoms with van der Waals surface area (Å²) in [4.78, 5) is 36.2. The maximum absolute atomic E-state index is 13.7. The van der Waals surface area contributed by atoms with Gasteiger partial charge in [-0.05, 0) is 47.5 Å². The molecule has 2 aromatic heterocycles. The van der Waals surface area contributed by atoms with Gasteiger partial charge in [0.1, 0.15) is 11.2 Å². The van der Waals surface area contributed by atoms with E-state index in [1.165, 1.54) is 0 Å². The molecule has 0 aliphatic heterocycles. The third-order valence-electron chi connectivity index (χ3n) is 7.28. The van der Waals surface area contributed by atoms with Crippen LogP contribution in [-0.2, 0) is 0 Å². The molecule has 0 unspecified atom stereocenters. The molecule has 2 heterocycles. The van der Waals surface area contributed by atoms with Crippen LogP contribution in [-0.4, -0.2) is 11.8 Å². The molecule has 6 heteroatoms. The molecule has 44 heavy (non-hydrogen) atoms. The number of benzene rings is 5. The molecule has 7 rings (SSSR count). The molecular formula is C38H24N2O4. The lowest BCUT2D eigenvalue weighted by Crippen LogP contribution is -2.15. The van der Waals surface area contributed by atoms with Crippen LogP contribution < -0.4 is 11.1 Å². The van der Waals surface area contributed by atoms with Crippen LogP contribution in [0.25, 0.3) is 44.2 Å². The van der Waals surface area contributed by atoms with E-state index in [0.29, 0.717) is 22.3 Å². The number of para-hydroxylation sites is 2. The quantitative estimate of drug-likeness (QED) is 0.214. The van der Waals surface area contributed by atoms with E-state index in [2.05, 4.69) is 9.98 Å². The molecular weight excluding hydrogens is 548 g/mol. The third-order valence-corrected chi connectivity index (χ3v) is 7.28. The SMILES string of the molecule is O=C(N=c1oc2ccccc2cc1-c1ccccc1)c1ccccc1C(=O)N=c1oc2ccccc2cc1-c1ccccc1. The fourth-order valence-corrected chi connectivity index (χ4v) is 5.11. The van der Waals surface area contributed by atoms with Crippen molar-refractivity contribution in [3.8, 4) is 22.3 Å². The number of carbonyl (C=O) groups excluding carboxylic acids is 2. The zero-order valence-electron chi connectivity index (χ0n) is 23.4. The Morgan fingerprint density at radius 1 is 0.432 bits per heavy atom. The molecule has 0 spiro atoms. The molecule has 5 aromatic carbocycles. The zero-order chi connectivity index (χ0) is 29.9. The van der Waals surface area contributed by atoms with Crippen LogP contribution in [0.2, 0.25) is 0 Å². The number of hydrogen-bond donors (Lipinski definition) is 0. The van der Waals surface area contributed by atoms with Crippen LogP contribution in [0, 0.1) is 0 Å². The monoisotopic (exact) mass is 572 g/mol. The number of hydrogen-bond acceptors (Lipinski definition) is 4. The summed E-state index contributed by atoms with van der Waals surface area (Å²) in [6.07, 6.45) is 0. The predicted molar refractivity (Wildman–Crippen MR) is 170 cm³/mol. The number of amides is 2. The summed E-state index contributed by atoms with van der Waals surface area (Å²) in [5.74, 6) is -1.25. The van der Waals surface area contributed by atoms with Gasteiger partial charge in [-0.3, -0.25) is 9.59 Å². The maximum Gasteiger partial charge on any atom is 0.281 e. The van der Waals surface area contributed by atoms with Crippen molar-refractivity contribution in [2.24, 2.45) is 9.98 Å². The lowest BCUT2D eigenvalue weighted by molar-refractivity contribution is 0.0962. The average Bonchev–Trinajstić information content (AvgIpc) is 3.08. The largest absolute Gasteiger partial charge is 0.438 e.